The van der Waals surface area contributed by atoms with Gasteiger partial charge in [0.05, 0.1) is 16.9 Å². The van der Waals surface area contributed by atoms with E-state index in [1.165, 1.54) is 13.2 Å². The molecule has 0 atom stereocenters. The van der Waals surface area contributed by atoms with Gasteiger partial charge in [0, 0.05) is 0 Å². The van der Waals surface area contributed by atoms with Crippen molar-refractivity contribution in [3.05, 3.63) is 53.3 Å². The lowest BCUT2D eigenvalue weighted by atomic mass is 10.3. The number of methoxy groups -OCH3 is 1. The molecule has 118 valence electrons. The van der Waals surface area contributed by atoms with Gasteiger partial charge in [0.25, 0.3) is 0 Å². The fraction of sp³-hybridized carbons (Fsp3) is 0.0769. The molecule has 0 unspecified atom stereocenters. The Labute approximate surface area is 128 Å². The zero-order chi connectivity index (χ0) is 16.4. The Kier molecular flexibility index (Phi) is 4.40. The average Bonchev–Trinajstić information content (AvgIpc) is 2.47. The zero-order valence-electron chi connectivity index (χ0n) is 11.5. The predicted molar refractivity (Wildman–Crippen MR) is 81.0 cm³/mol. The third-order valence-corrected chi connectivity index (χ3v) is 4.99. The van der Waals surface area contributed by atoms with Crippen molar-refractivity contribution >= 4 is 25.7 Å². The molecule has 0 bridgehead atoms. The molecule has 0 saturated carbocycles. The summed E-state index contributed by atoms with van der Waals surface area (Å²) in [6.45, 7) is 0. The minimum atomic E-state index is -4.00. The van der Waals surface area contributed by atoms with Gasteiger partial charge in [0.15, 0.2) is 0 Å². The summed E-state index contributed by atoms with van der Waals surface area (Å²) in [5.74, 6) is 0.312. The Hall–Kier alpha value is -2.10. The summed E-state index contributed by atoms with van der Waals surface area (Å²) in [6.07, 6.45) is 0. The van der Waals surface area contributed by atoms with Gasteiger partial charge in [-0.1, -0.05) is 23.9 Å². The van der Waals surface area contributed by atoms with E-state index in [-0.39, 0.29) is 15.5 Å². The predicted octanol–water partition coefficient (Wildman–Crippen LogP) is 1.74. The number of sulfonamides is 2. The maximum Gasteiger partial charge on any atom is 0.238 e. The van der Waals surface area contributed by atoms with Crippen LogP contribution in [-0.4, -0.2) is 23.9 Å². The van der Waals surface area contributed by atoms with Gasteiger partial charge in [-0.15, -0.1) is 0 Å². The number of ether oxygens (including phenoxy) is 1. The number of rotatable bonds is 5. The minimum Gasteiger partial charge on any atom is -0.570 e. The minimum absolute atomic E-state index is 0.147. The molecule has 0 spiro atoms. The van der Waals surface area contributed by atoms with Crippen LogP contribution in [0.15, 0.2) is 58.3 Å². The van der Waals surface area contributed by atoms with Gasteiger partial charge in [-0.25, -0.2) is 22.0 Å². The largest absolute Gasteiger partial charge is 0.570 e. The fourth-order valence-electron chi connectivity index (χ4n) is 1.69. The van der Waals surface area contributed by atoms with Crippen molar-refractivity contribution in [1.82, 2.24) is 0 Å². The number of hydrogen-bond donors (Lipinski definition) is 1. The Morgan fingerprint density at radius 2 is 1.45 bits per heavy atom. The molecule has 9 heteroatoms. The van der Waals surface area contributed by atoms with Gasteiger partial charge >= 0.3 is 0 Å². The van der Waals surface area contributed by atoms with Crippen LogP contribution in [0.4, 0.5) is 5.69 Å². The van der Waals surface area contributed by atoms with Crippen molar-refractivity contribution in [3.63, 3.8) is 0 Å². The van der Waals surface area contributed by atoms with Crippen molar-refractivity contribution in [1.29, 1.82) is 0 Å². The second-order valence-electron chi connectivity index (χ2n) is 4.25. The highest BCUT2D eigenvalue weighted by Crippen LogP contribution is 2.35. The number of hydrogen-bond acceptors (Lipinski definition) is 5. The Bertz CT molecular complexity index is 875. The van der Waals surface area contributed by atoms with E-state index < -0.39 is 20.0 Å². The average molecular weight is 341 g/mol. The van der Waals surface area contributed by atoms with E-state index in [9.17, 15) is 16.8 Å². The highest BCUT2D eigenvalue weighted by atomic mass is 32.2. The molecule has 2 N–H and O–H groups in total. The first-order chi connectivity index (χ1) is 10.2. The standard InChI is InChI=1S/C13H13N2O5S2/c1-20-13-5-3-2-4-12(13)15-22(18,19)11-8-6-10(7-9-11)21(14,16)17/h2-9H,1H3,(H2,14,16,17)/q-1. The van der Waals surface area contributed by atoms with Gasteiger partial charge in [0.2, 0.25) is 10.0 Å². The van der Waals surface area contributed by atoms with Crippen LogP contribution in [0.1, 0.15) is 0 Å². The zero-order valence-corrected chi connectivity index (χ0v) is 13.1. The molecule has 0 amide bonds. The van der Waals surface area contributed by atoms with E-state index in [2.05, 4.69) is 4.72 Å². The first-order valence-corrected chi connectivity index (χ1v) is 8.96. The maximum atomic E-state index is 12.2. The molecule has 0 radical (unpaired) electrons. The van der Waals surface area contributed by atoms with Crippen molar-refractivity contribution in [2.45, 2.75) is 9.79 Å². The molecule has 2 aromatic rings. The van der Waals surface area contributed by atoms with Crippen LogP contribution in [0.3, 0.4) is 0 Å². The third kappa shape index (κ3) is 3.56. The van der Waals surface area contributed by atoms with Crippen molar-refractivity contribution in [2.24, 2.45) is 5.14 Å². The first kappa shape index (κ1) is 16.3. The van der Waals surface area contributed by atoms with Crippen molar-refractivity contribution in [2.75, 3.05) is 7.11 Å². The molecule has 0 aliphatic carbocycles. The van der Waals surface area contributed by atoms with Gasteiger partial charge < -0.3 is 9.46 Å². The van der Waals surface area contributed by atoms with Crippen LogP contribution in [0.5, 0.6) is 5.75 Å². The molecule has 0 aromatic heterocycles. The van der Waals surface area contributed by atoms with E-state index in [0.717, 1.165) is 24.3 Å². The molecule has 0 saturated heterocycles. The number of nitrogens with two attached hydrogens (primary N) is 1. The molecule has 2 rings (SSSR count). The van der Waals surface area contributed by atoms with E-state index in [4.69, 9.17) is 9.88 Å². The quantitative estimate of drug-likeness (QED) is 0.888. The third-order valence-electron chi connectivity index (χ3n) is 2.75. The Morgan fingerprint density at radius 1 is 0.909 bits per heavy atom. The van der Waals surface area contributed by atoms with Crippen molar-refractivity contribution < 1.29 is 21.6 Å². The maximum absolute atomic E-state index is 12.2. The summed E-state index contributed by atoms with van der Waals surface area (Å²) in [7, 11) is -6.47. The molecule has 0 aliphatic rings. The fourth-order valence-corrected chi connectivity index (χ4v) is 3.20. The molecule has 2 aromatic carbocycles. The summed E-state index contributed by atoms with van der Waals surface area (Å²) in [5, 5.41) is 4.96. The molecule has 0 aliphatic heterocycles. The van der Waals surface area contributed by atoms with Gasteiger partial charge in [-0.05, 0) is 30.3 Å². The van der Waals surface area contributed by atoms with Gasteiger partial charge in [0.1, 0.15) is 15.8 Å². The number of benzene rings is 2. The Balaban J connectivity index is 2.35. The lowest BCUT2D eigenvalue weighted by molar-refractivity contribution is 0.417. The summed E-state index contributed by atoms with van der Waals surface area (Å²) in [5.41, 5.74) is 0.153. The molecule has 0 fully saturated rings. The van der Waals surface area contributed by atoms with Gasteiger partial charge in [-0.2, -0.15) is 0 Å². The van der Waals surface area contributed by atoms with Crippen LogP contribution in [0.25, 0.3) is 4.72 Å². The monoisotopic (exact) mass is 341 g/mol. The van der Waals surface area contributed by atoms with E-state index in [0.29, 0.717) is 5.75 Å². The highest BCUT2D eigenvalue weighted by molar-refractivity contribution is 7.94. The first-order valence-electron chi connectivity index (χ1n) is 5.98. The molecular formula is C13H13N2O5S2-. The summed E-state index contributed by atoms with van der Waals surface area (Å²) < 4.78 is 55.5. The smallest absolute Gasteiger partial charge is 0.238 e. The van der Waals surface area contributed by atoms with Crippen molar-refractivity contribution in [3.8, 4) is 5.75 Å². The summed E-state index contributed by atoms with van der Waals surface area (Å²) in [4.78, 5) is -0.324. The second-order valence-corrected chi connectivity index (χ2v) is 7.42. The number of nitrogens with zero attached hydrogens (tertiary/aromatic N) is 1. The normalized spacial score (nSPS) is 11.9. The number of para-hydroxylation sites is 1. The van der Waals surface area contributed by atoms with E-state index in [1.807, 2.05) is 0 Å². The number of primary sulfonamides is 1. The van der Waals surface area contributed by atoms with Crippen LogP contribution >= 0.6 is 0 Å². The highest BCUT2D eigenvalue weighted by Gasteiger charge is 2.10. The summed E-state index contributed by atoms with van der Waals surface area (Å²) in [6, 6.07) is 10.9. The molecule has 0 heterocycles. The lowest BCUT2D eigenvalue weighted by Crippen LogP contribution is -2.12. The Morgan fingerprint density at radius 3 is 2.00 bits per heavy atom. The summed E-state index contributed by atoms with van der Waals surface area (Å²) >= 11 is 0. The molecule has 22 heavy (non-hydrogen) atoms. The van der Waals surface area contributed by atoms with E-state index >= 15 is 0 Å². The second kappa shape index (κ2) is 5.95. The molecular weight excluding hydrogens is 328 g/mol. The lowest BCUT2D eigenvalue weighted by Gasteiger charge is -2.24. The van der Waals surface area contributed by atoms with Crippen LogP contribution in [0, 0.1) is 0 Å². The van der Waals surface area contributed by atoms with E-state index in [1.54, 1.807) is 18.2 Å². The van der Waals surface area contributed by atoms with Crippen LogP contribution < -0.4 is 9.88 Å². The SMILES string of the molecule is COc1ccccc1[N-]S(=O)(=O)c1ccc(S(N)(=O)=O)cc1. The van der Waals surface area contributed by atoms with Gasteiger partial charge in [-0.3, -0.25) is 0 Å². The topological polar surface area (TPSA) is 118 Å². The molecule has 7 nitrogen and oxygen atoms in total. The van der Waals surface area contributed by atoms with Crippen LogP contribution in [0.2, 0.25) is 0 Å². The van der Waals surface area contributed by atoms with Crippen LogP contribution in [-0.2, 0) is 20.0 Å².